The van der Waals surface area contributed by atoms with Gasteiger partial charge in [-0.05, 0) is 57.5 Å². The van der Waals surface area contributed by atoms with E-state index in [1.165, 1.54) is 11.3 Å². The molecule has 232 valence electrons. The quantitative estimate of drug-likeness (QED) is 0.288. The average molecular weight is 635 g/mol. The van der Waals surface area contributed by atoms with Gasteiger partial charge in [0, 0.05) is 23.6 Å². The highest BCUT2D eigenvalue weighted by Crippen LogP contribution is 2.39. The molecule has 0 spiro atoms. The Morgan fingerprint density at radius 1 is 1.12 bits per heavy atom. The highest BCUT2D eigenvalue weighted by Gasteiger charge is 2.36. The van der Waals surface area contributed by atoms with E-state index in [-0.39, 0.29) is 5.97 Å². The summed E-state index contributed by atoms with van der Waals surface area (Å²) in [6, 6.07) is 6.30. The Bertz CT molecular complexity index is 1290. The van der Waals surface area contributed by atoms with Crippen LogP contribution in [0.3, 0.4) is 0 Å². The predicted molar refractivity (Wildman–Crippen MR) is 151 cm³/mol. The zero-order valence-electron chi connectivity index (χ0n) is 23.7. The number of thiophene rings is 1. The van der Waals surface area contributed by atoms with Crippen LogP contribution >= 0.6 is 22.9 Å². The molecule has 0 aliphatic carbocycles. The lowest BCUT2D eigenvalue weighted by Crippen LogP contribution is -2.51. The number of esters is 1. The molecular formula is C27H34ClF3N4O6S. The van der Waals surface area contributed by atoms with Crippen LogP contribution in [0, 0.1) is 0 Å². The minimum absolute atomic E-state index is 0.185. The van der Waals surface area contributed by atoms with Gasteiger partial charge in [-0.15, -0.1) is 11.3 Å². The fraction of sp³-hybridized carbons (Fsp3) is 0.481. The van der Waals surface area contributed by atoms with E-state index in [9.17, 15) is 27.6 Å². The minimum Gasteiger partial charge on any atom is -0.542 e. The van der Waals surface area contributed by atoms with Crippen LogP contribution in [0.15, 0.2) is 24.3 Å². The molecule has 10 nitrogen and oxygen atoms in total. The molecule has 2 aromatic rings. The normalized spacial score (nSPS) is 16.4. The first kappa shape index (κ1) is 34.8. The number of benzene rings is 1. The van der Waals surface area contributed by atoms with Crippen LogP contribution in [0.4, 0.5) is 28.7 Å². The van der Waals surface area contributed by atoms with Gasteiger partial charge in [0.15, 0.2) is 0 Å². The van der Waals surface area contributed by atoms with Gasteiger partial charge in [-0.25, -0.2) is 4.79 Å². The molecule has 0 radical (unpaired) electrons. The smallest absolute Gasteiger partial charge is 0.430 e. The van der Waals surface area contributed by atoms with E-state index in [2.05, 4.69) is 17.6 Å². The lowest BCUT2D eigenvalue weighted by molar-refractivity contribution is -0.941. The second kappa shape index (κ2) is 14.2. The van der Waals surface area contributed by atoms with E-state index < -0.39 is 29.7 Å². The highest BCUT2D eigenvalue weighted by molar-refractivity contribution is 7.17. The summed E-state index contributed by atoms with van der Waals surface area (Å²) in [5, 5.41) is 15.4. The molecular weight excluding hydrogens is 601 g/mol. The summed E-state index contributed by atoms with van der Waals surface area (Å²) in [5.74, 6) is -3.74. The standard InChI is InChI=1S/C25H33ClN4O4S.C2HF3O2/c1-5-30(13-6-7-20(31)34-25(2,3)4)14-12-18-19(15-30)35-23(21(18)22(27)32)29-24(33)28-17-10-8-16(26)9-11-17;3-2(4,5)1(6)7/h8-11H,5-7,12-15H2,1-4H3,(H3-,27,28,29,32,33);(H,6,7). The molecule has 1 aliphatic rings. The predicted octanol–water partition coefficient (Wildman–Crippen LogP) is 4.46. The Balaban J connectivity index is 0.000000782. The first-order valence-electron chi connectivity index (χ1n) is 13.0. The number of carboxylic acid groups (broad SMARTS) is 1. The molecule has 3 rings (SSSR count). The summed E-state index contributed by atoms with van der Waals surface area (Å²) in [5.41, 5.74) is 7.12. The topological polar surface area (TPSA) is 151 Å². The number of nitrogens with two attached hydrogens (primary N) is 1. The van der Waals surface area contributed by atoms with Gasteiger partial charge >= 0.3 is 18.2 Å². The van der Waals surface area contributed by atoms with E-state index in [4.69, 9.17) is 32.0 Å². The van der Waals surface area contributed by atoms with E-state index in [0.29, 0.717) is 34.1 Å². The number of halogens is 4. The Hall–Kier alpha value is -3.36. The number of nitrogens with zero attached hydrogens (tertiary/aromatic N) is 1. The van der Waals surface area contributed by atoms with Crippen molar-refractivity contribution in [2.75, 3.05) is 30.3 Å². The van der Waals surface area contributed by atoms with Crippen molar-refractivity contribution < 1.29 is 46.7 Å². The van der Waals surface area contributed by atoms with Crippen molar-refractivity contribution in [3.63, 3.8) is 0 Å². The molecule has 2 heterocycles. The number of urea groups is 1. The van der Waals surface area contributed by atoms with Gasteiger partial charge in [0.1, 0.15) is 23.1 Å². The van der Waals surface area contributed by atoms with Crippen molar-refractivity contribution in [2.24, 2.45) is 5.73 Å². The molecule has 0 bridgehead atoms. The number of carbonyl (C=O) groups excluding carboxylic acids is 4. The number of hydrogen-bond donors (Lipinski definition) is 3. The van der Waals surface area contributed by atoms with Crippen LogP contribution in [0.5, 0.6) is 0 Å². The zero-order valence-corrected chi connectivity index (χ0v) is 25.2. The lowest BCUT2D eigenvalue weighted by atomic mass is 9.99. The lowest BCUT2D eigenvalue weighted by Gasteiger charge is -2.40. The number of carboxylic acids is 1. The van der Waals surface area contributed by atoms with Gasteiger partial charge in [-0.2, -0.15) is 13.2 Å². The van der Waals surface area contributed by atoms with E-state index in [1.807, 2.05) is 20.8 Å². The monoisotopic (exact) mass is 634 g/mol. The van der Waals surface area contributed by atoms with Crippen LogP contribution in [-0.2, 0) is 27.3 Å². The van der Waals surface area contributed by atoms with Crippen molar-refractivity contribution in [2.45, 2.75) is 65.3 Å². The fourth-order valence-electron chi connectivity index (χ4n) is 4.35. The van der Waals surface area contributed by atoms with Gasteiger partial charge in [-0.1, -0.05) is 11.6 Å². The first-order chi connectivity index (χ1) is 19.4. The summed E-state index contributed by atoms with van der Waals surface area (Å²) in [4.78, 5) is 46.9. The van der Waals surface area contributed by atoms with Crippen LogP contribution in [0.2, 0.25) is 5.02 Å². The van der Waals surface area contributed by atoms with Gasteiger partial charge < -0.3 is 30.2 Å². The first-order valence-corrected chi connectivity index (χ1v) is 14.2. The second-order valence-electron chi connectivity index (χ2n) is 10.6. The number of fused-ring (bicyclic) bond motifs is 1. The number of aliphatic carboxylic acids is 1. The summed E-state index contributed by atoms with van der Waals surface area (Å²) >= 11 is 7.29. The Labute approximate surface area is 250 Å². The molecule has 0 fully saturated rings. The minimum atomic E-state index is -5.19. The molecule has 1 aliphatic heterocycles. The number of alkyl halides is 3. The molecule has 1 unspecified atom stereocenters. The molecule has 1 aromatic heterocycles. The number of likely N-dealkylation sites (N-methyl/N-ethyl adjacent to an activating group) is 1. The van der Waals surface area contributed by atoms with Gasteiger partial charge in [0.2, 0.25) is 0 Å². The molecule has 4 N–H and O–H groups in total. The molecule has 0 saturated heterocycles. The van der Waals surface area contributed by atoms with Crippen molar-refractivity contribution >= 4 is 57.5 Å². The summed E-state index contributed by atoms with van der Waals surface area (Å²) in [6.45, 7) is 11.0. The average Bonchev–Trinajstić information content (AvgIpc) is 3.20. The number of carbonyl (C=O) groups is 4. The Kier molecular flexibility index (Phi) is 11.8. The van der Waals surface area contributed by atoms with Crippen LogP contribution in [0.25, 0.3) is 0 Å². The molecule has 1 atom stereocenters. The third kappa shape index (κ3) is 10.5. The summed E-state index contributed by atoms with van der Waals surface area (Å²) < 4.78 is 37.8. The van der Waals surface area contributed by atoms with Crippen molar-refractivity contribution in [3.05, 3.63) is 45.3 Å². The maximum Gasteiger partial charge on any atom is 0.430 e. The molecule has 0 saturated carbocycles. The van der Waals surface area contributed by atoms with Crippen molar-refractivity contribution in [1.29, 1.82) is 0 Å². The molecule has 1 aromatic carbocycles. The van der Waals surface area contributed by atoms with Crippen LogP contribution in [-0.4, -0.2) is 59.8 Å². The van der Waals surface area contributed by atoms with E-state index >= 15 is 0 Å². The number of nitrogens with one attached hydrogen (secondary N) is 2. The van der Waals surface area contributed by atoms with Gasteiger partial charge in [0.05, 0.1) is 36.5 Å². The number of hydrogen-bond acceptors (Lipinski definition) is 7. The Morgan fingerprint density at radius 3 is 2.21 bits per heavy atom. The summed E-state index contributed by atoms with van der Waals surface area (Å²) in [6.07, 6.45) is -3.41. The SMILES string of the molecule is CC[N+]1(CCCC(=O)OC(C)(C)C)CCc2c(sc(NC(=O)Nc3ccc(Cl)cc3)c2C(N)=O)C1.O=C([O-])C(F)(F)F. The number of primary amides is 1. The number of quaternary nitrogens is 1. The fourth-order valence-corrected chi connectivity index (χ4v) is 5.86. The maximum atomic E-state index is 12.6. The van der Waals surface area contributed by atoms with Crippen molar-refractivity contribution in [1.82, 2.24) is 0 Å². The Morgan fingerprint density at radius 2 is 1.71 bits per heavy atom. The largest absolute Gasteiger partial charge is 0.542 e. The highest BCUT2D eigenvalue weighted by atomic mass is 35.5. The number of anilines is 2. The second-order valence-corrected chi connectivity index (χ2v) is 12.2. The molecule has 15 heteroatoms. The van der Waals surface area contributed by atoms with E-state index in [0.717, 1.165) is 47.5 Å². The number of rotatable bonds is 8. The molecule has 3 amide bonds. The van der Waals surface area contributed by atoms with Gasteiger partial charge in [-0.3, -0.25) is 14.9 Å². The van der Waals surface area contributed by atoms with Crippen LogP contribution < -0.4 is 21.5 Å². The van der Waals surface area contributed by atoms with E-state index in [1.54, 1.807) is 24.3 Å². The maximum absolute atomic E-state index is 12.6. The molecule has 42 heavy (non-hydrogen) atoms. The number of ether oxygens (including phenoxy) is 1. The third-order valence-electron chi connectivity index (χ3n) is 6.32. The van der Waals surface area contributed by atoms with Gasteiger partial charge in [0.25, 0.3) is 5.91 Å². The zero-order chi connectivity index (χ0) is 31.9. The third-order valence-corrected chi connectivity index (χ3v) is 7.70. The van der Waals surface area contributed by atoms with Crippen LogP contribution in [0.1, 0.15) is 61.3 Å². The summed E-state index contributed by atoms with van der Waals surface area (Å²) in [7, 11) is 0. The number of amides is 3. The van der Waals surface area contributed by atoms with Crippen molar-refractivity contribution in [3.8, 4) is 0 Å².